The number of rotatable bonds is 6. The first-order valence-corrected chi connectivity index (χ1v) is 11.1. The van der Waals surface area contributed by atoms with E-state index in [1.54, 1.807) is 22.7 Å². The Bertz CT molecular complexity index is 1170. The number of benzene rings is 1. The molecule has 1 atom stereocenters. The van der Waals surface area contributed by atoms with E-state index in [4.69, 9.17) is 9.88 Å². The van der Waals surface area contributed by atoms with Crippen LogP contribution in [0, 0.1) is 0 Å². The molecule has 0 aliphatic carbocycles. The number of carbonyl (C=O) groups excluding carboxylic acids is 2. The molecule has 0 aliphatic rings. The number of amides is 1. The summed E-state index contributed by atoms with van der Waals surface area (Å²) in [5, 5.41) is 8.21. The highest BCUT2D eigenvalue weighted by atomic mass is 32.2. The summed E-state index contributed by atoms with van der Waals surface area (Å²) in [6.45, 7) is 1.43. The third kappa shape index (κ3) is 4.58. The van der Waals surface area contributed by atoms with Crippen molar-refractivity contribution in [2.75, 3.05) is 11.6 Å². The number of imidazole rings is 1. The number of esters is 1. The van der Waals surface area contributed by atoms with Gasteiger partial charge in [-0.05, 0) is 49.6 Å². The number of nitrogens with zero attached hydrogens (tertiary/aromatic N) is 2. The summed E-state index contributed by atoms with van der Waals surface area (Å²) < 4.78 is 29.6. The number of aromatic nitrogens is 2. The average molecular weight is 434 g/mol. The molecule has 0 bridgehead atoms. The summed E-state index contributed by atoms with van der Waals surface area (Å²) in [4.78, 5) is 29.1. The Morgan fingerprint density at radius 1 is 1.21 bits per heavy atom. The van der Waals surface area contributed by atoms with E-state index >= 15 is 0 Å². The van der Waals surface area contributed by atoms with Crippen LogP contribution in [0.3, 0.4) is 0 Å². The van der Waals surface area contributed by atoms with E-state index in [1.807, 2.05) is 12.3 Å². The lowest BCUT2D eigenvalue weighted by Gasteiger charge is -2.13. The SMILES string of the molecule is CSc1nc(C(=O)OC(C)C(=O)Nc2ccc(S(N)(=O)=O)cc2)c2ccccn12. The molecule has 9 nitrogen and oxygen atoms in total. The van der Waals surface area contributed by atoms with Crippen LogP contribution in [0.2, 0.25) is 0 Å². The first-order chi connectivity index (χ1) is 13.7. The van der Waals surface area contributed by atoms with Gasteiger partial charge in [0.2, 0.25) is 10.0 Å². The van der Waals surface area contributed by atoms with Gasteiger partial charge in [-0.25, -0.2) is 23.3 Å². The maximum Gasteiger partial charge on any atom is 0.360 e. The number of ether oxygens (including phenoxy) is 1. The Balaban J connectivity index is 1.71. The number of fused-ring (bicyclic) bond motifs is 1. The van der Waals surface area contributed by atoms with Crippen molar-refractivity contribution in [2.45, 2.75) is 23.1 Å². The molecule has 0 radical (unpaired) electrons. The summed E-state index contributed by atoms with van der Waals surface area (Å²) in [7, 11) is -3.82. The number of nitrogens with two attached hydrogens (primary N) is 1. The van der Waals surface area contributed by atoms with Gasteiger partial charge in [0.1, 0.15) is 0 Å². The van der Waals surface area contributed by atoms with E-state index < -0.39 is 28.0 Å². The van der Waals surface area contributed by atoms with Crippen molar-refractivity contribution in [3.05, 3.63) is 54.4 Å². The molecule has 152 valence electrons. The monoisotopic (exact) mass is 434 g/mol. The van der Waals surface area contributed by atoms with Gasteiger partial charge in [0.25, 0.3) is 5.91 Å². The average Bonchev–Trinajstić information content (AvgIpc) is 3.06. The molecule has 1 amide bonds. The van der Waals surface area contributed by atoms with Crippen molar-refractivity contribution in [3.8, 4) is 0 Å². The standard InChI is InChI=1S/C18H18N4O5S2/c1-11(16(23)20-12-6-8-13(9-7-12)29(19,25)26)27-17(24)15-14-5-3-4-10-22(14)18(21-15)28-2/h3-11H,1-2H3,(H,20,23)(H2,19,25,26). The molecule has 29 heavy (non-hydrogen) atoms. The molecule has 2 heterocycles. The number of thioether (sulfide) groups is 1. The van der Waals surface area contributed by atoms with Gasteiger partial charge in [-0.2, -0.15) is 0 Å². The lowest BCUT2D eigenvalue weighted by molar-refractivity contribution is -0.123. The Morgan fingerprint density at radius 2 is 1.90 bits per heavy atom. The van der Waals surface area contributed by atoms with Gasteiger partial charge >= 0.3 is 5.97 Å². The zero-order chi connectivity index (χ0) is 21.2. The fourth-order valence-electron chi connectivity index (χ4n) is 2.55. The molecule has 0 aliphatic heterocycles. The zero-order valence-electron chi connectivity index (χ0n) is 15.5. The highest BCUT2D eigenvalue weighted by Gasteiger charge is 2.23. The Hall–Kier alpha value is -2.89. The molecule has 0 saturated carbocycles. The Morgan fingerprint density at radius 3 is 2.52 bits per heavy atom. The number of pyridine rings is 1. The van der Waals surface area contributed by atoms with Crippen molar-refractivity contribution >= 4 is 44.9 Å². The van der Waals surface area contributed by atoms with E-state index in [0.717, 1.165) is 0 Å². The van der Waals surface area contributed by atoms with Crippen molar-refractivity contribution in [3.63, 3.8) is 0 Å². The maximum atomic E-state index is 12.5. The van der Waals surface area contributed by atoms with Gasteiger partial charge in [0.15, 0.2) is 17.0 Å². The molecule has 1 aromatic carbocycles. The minimum atomic E-state index is -3.82. The van der Waals surface area contributed by atoms with Gasteiger partial charge in [-0.1, -0.05) is 17.8 Å². The van der Waals surface area contributed by atoms with Gasteiger partial charge in [0, 0.05) is 11.9 Å². The second-order valence-corrected chi connectivity index (χ2v) is 8.34. The smallest absolute Gasteiger partial charge is 0.360 e. The summed E-state index contributed by atoms with van der Waals surface area (Å²) in [6.07, 6.45) is 2.53. The molecule has 3 rings (SSSR count). The maximum absolute atomic E-state index is 12.5. The fraction of sp³-hybridized carbons (Fsp3) is 0.167. The molecule has 3 N–H and O–H groups in total. The van der Waals surface area contributed by atoms with Crippen LogP contribution in [0.1, 0.15) is 17.4 Å². The summed E-state index contributed by atoms with van der Waals surface area (Å²) >= 11 is 1.38. The normalized spacial score (nSPS) is 12.5. The van der Waals surface area contributed by atoms with Gasteiger partial charge < -0.3 is 10.1 Å². The first-order valence-electron chi connectivity index (χ1n) is 8.36. The van der Waals surface area contributed by atoms with E-state index in [0.29, 0.717) is 16.4 Å². The minimum Gasteiger partial charge on any atom is -0.448 e. The number of primary sulfonamides is 1. The van der Waals surface area contributed by atoms with Gasteiger partial charge in [0.05, 0.1) is 10.4 Å². The summed E-state index contributed by atoms with van der Waals surface area (Å²) in [5.41, 5.74) is 1.03. The van der Waals surface area contributed by atoms with Crippen LogP contribution in [-0.4, -0.2) is 42.0 Å². The quantitative estimate of drug-likeness (QED) is 0.447. The van der Waals surface area contributed by atoms with E-state index in [1.165, 1.54) is 43.0 Å². The molecule has 1 unspecified atom stereocenters. The fourth-order valence-corrected chi connectivity index (χ4v) is 3.60. The van der Waals surface area contributed by atoms with Crippen molar-refractivity contribution in [1.82, 2.24) is 9.38 Å². The van der Waals surface area contributed by atoms with Crippen molar-refractivity contribution in [1.29, 1.82) is 0 Å². The molecule has 0 fully saturated rings. The number of nitrogens with one attached hydrogen (secondary N) is 1. The highest BCUT2D eigenvalue weighted by Crippen LogP contribution is 2.21. The number of hydrogen-bond donors (Lipinski definition) is 2. The molecular formula is C18H18N4O5S2. The topological polar surface area (TPSA) is 133 Å². The zero-order valence-corrected chi connectivity index (χ0v) is 17.2. The number of sulfonamides is 1. The van der Waals surface area contributed by atoms with Crippen LogP contribution < -0.4 is 10.5 Å². The van der Waals surface area contributed by atoms with Crippen molar-refractivity contribution in [2.24, 2.45) is 5.14 Å². The van der Waals surface area contributed by atoms with Gasteiger partial charge in [-0.15, -0.1) is 0 Å². The Kier molecular flexibility index (Phi) is 5.91. The molecular weight excluding hydrogens is 416 g/mol. The van der Waals surface area contributed by atoms with Crippen LogP contribution in [0.5, 0.6) is 0 Å². The van der Waals surface area contributed by atoms with Crippen LogP contribution in [0.4, 0.5) is 5.69 Å². The molecule has 0 spiro atoms. The van der Waals surface area contributed by atoms with Crippen LogP contribution in [-0.2, 0) is 19.6 Å². The number of carbonyl (C=O) groups is 2. The third-order valence-corrected chi connectivity index (χ3v) is 5.58. The molecule has 2 aromatic heterocycles. The summed E-state index contributed by atoms with van der Waals surface area (Å²) in [6, 6.07) is 10.6. The van der Waals surface area contributed by atoms with Gasteiger partial charge in [-0.3, -0.25) is 9.20 Å². The molecule has 0 saturated heterocycles. The van der Waals surface area contributed by atoms with Crippen LogP contribution in [0.25, 0.3) is 5.52 Å². The first kappa shape index (κ1) is 20.8. The second-order valence-electron chi connectivity index (χ2n) is 6.01. The lowest BCUT2D eigenvalue weighted by Crippen LogP contribution is -2.30. The van der Waals surface area contributed by atoms with E-state index in [2.05, 4.69) is 10.3 Å². The highest BCUT2D eigenvalue weighted by molar-refractivity contribution is 7.98. The van der Waals surface area contributed by atoms with E-state index in [9.17, 15) is 18.0 Å². The molecule has 3 aromatic rings. The Labute approximate surface area is 171 Å². The van der Waals surface area contributed by atoms with Crippen LogP contribution in [0.15, 0.2) is 58.7 Å². The lowest BCUT2D eigenvalue weighted by atomic mass is 10.3. The largest absolute Gasteiger partial charge is 0.448 e. The predicted molar refractivity (Wildman–Crippen MR) is 108 cm³/mol. The number of hydrogen-bond acceptors (Lipinski definition) is 7. The van der Waals surface area contributed by atoms with E-state index in [-0.39, 0.29) is 10.6 Å². The predicted octanol–water partition coefficient (Wildman–Crippen LogP) is 1.89. The summed E-state index contributed by atoms with van der Waals surface area (Å²) in [5.74, 6) is -1.29. The minimum absolute atomic E-state index is 0.0776. The van der Waals surface area contributed by atoms with Crippen LogP contribution >= 0.6 is 11.8 Å². The molecule has 11 heteroatoms. The third-order valence-electron chi connectivity index (χ3n) is 4.00. The van der Waals surface area contributed by atoms with Crippen molar-refractivity contribution < 1.29 is 22.7 Å². The second kappa shape index (κ2) is 8.23. The number of anilines is 1.